The second-order valence-corrected chi connectivity index (χ2v) is 8.62. The summed E-state index contributed by atoms with van der Waals surface area (Å²) in [6.45, 7) is 4.39. The Bertz CT molecular complexity index is 834. The molecule has 2 aromatic rings. The molecule has 1 amide bonds. The van der Waals surface area contributed by atoms with E-state index in [-0.39, 0.29) is 10.8 Å². The summed E-state index contributed by atoms with van der Waals surface area (Å²) in [5.41, 5.74) is 1.17. The van der Waals surface area contributed by atoms with E-state index >= 15 is 0 Å². The second kappa shape index (κ2) is 9.75. The molecule has 0 fully saturated rings. The summed E-state index contributed by atoms with van der Waals surface area (Å²) < 4.78 is 26.7. The minimum Gasteiger partial charge on any atom is -0.322 e. The summed E-state index contributed by atoms with van der Waals surface area (Å²) >= 11 is 1.65. The molecule has 0 aliphatic heterocycles. The van der Waals surface area contributed by atoms with Crippen LogP contribution in [0.5, 0.6) is 0 Å². The zero-order valence-corrected chi connectivity index (χ0v) is 16.6. The van der Waals surface area contributed by atoms with Crippen molar-refractivity contribution in [2.24, 2.45) is 0 Å². The average molecular weight is 393 g/mol. The van der Waals surface area contributed by atoms with Crippen LogP contribution in [0.1, 0.15) is 37.0 Å². The third kappa shape index (κ3) is 5.59. The van der Waals surface area contributed by atoms with Gasteiger partial charge in [0.1, 0.15) is 0 Å². The van der Waals surface area contributed by atoms with Crippen LogP contribution >= 0.6 is 11.8 Å². The lowest BCUT2D eigenvalue weighted by Crippen LogP contribution is -2.24. The van der Waals surface area contributed by atoms with Crippen molar-refractivity contribution in [1.82, 2.24) is 4.72 Å². The minimum absolute atomic E-state index is 0.183. The van der Waals surface area contributed by atoms with Gasteiger partial charge in [-0.1, -0.05) is 26.0 Å². The van der Waals surface area contributed by atoms with Crippen molar-refractivity contribution in [3.63, 3.8) is 0 Å². The maximum atomic E-state index is 12.6. The normalized spacial score (nSPS) is 11.3. The fraction of sp³-hybridized carbons (Fsp3) is 0.316. The molecule has 5 nitrogen and oxygen atoms in total. The SMILES string of the molecule is CCCNS(=O)(=O)c1ccc(NC(=O)c2ccccc2SCCC)cc1. The van der Waals surface area contributed by atoms with E-state index in [0.717, 1.165) is 23.5 Å². The third-order valence-electron chi connectivity index (χ3n) is 3.56. The number of nitrogens with one attached hydrogen (secondary N) is 2. The topological polar surface area (TPSA) is 75.3 Å². The van der Waals surface area contributed by atoms with Crippen molar-refractivity contribution in [1.29, 1.82) is 0 Å². The second-order valence-electron chi connectivity index (χ2n) is 5.72. The lowest BCUT2D eigenvalue weighted by atomic mass is 10.2. The fourth-order valence-electron chi connectivity index (χ4n) is 2.23. The Hall–Kier alpha value is -1.83. The smallest absolute Gasteiger partial charge is 0.256 e. The zero-order valence-electron chi connectivity index (χ0n) is 15.0. The standard InChI is InChI=1S/C19H24N2O3S2/c1-3-13-20-26(23,24)16-11-9-15(10-12-16)21-19(22)17-7-5-6-8-18(17)25-14-4-2/h5-12,20H,3-4,13-14H2,1-2H3,(H,21,22). The lowest BCUT2D eigenvalue weighted by molar-refractivity contribution is 0.102. The highest BCUT2D eigenvalue weighted by Crippen LogP contribution is 2.24. The monoisotopic (exact) mass is 392 g/mol. The van der Waals surface area contributed by atoms with Crippen LogP contribution < -0.4 is 10.0 Å². The predicted molar refractivity (Wildman–Crippen MR) is 107 cm³/mol. The molecule has 0 atom stereocenters. The van der Waals surface area contributed by atoms with Gasteiger partial charge in [0.2, 0.25) is 10.0 Å². The molecule has 0 spiro atoms. The van der Waals surface area contributed by atoms with Gasteiger partial charge in [-0.15, -0.1) is 11.8 Å². The molecule has 0 saturated heterocycles. The number of thioether (sulfide) groups is 1. The average Bonchev–Trinajstić information content (AvgIpc) is 2.65. The minimum atomic E-state index is -3.50. The molecule has 0 heterocycles. The summed E-state index contributed by atoms with van der Waals surface area (Å²) in [5.74, 6) is 0.741. The summed E-state index contributed by atoms with van der Waals surface area (Å²) in [7, 11) is -3.50. The van der Waals surface area contributed by atoms with Crippen LogP contribution in [0, 0.1) is 0 Å². The number of carbonyl (C=O) groups excluding carboxylic acids is 1. The van der Waals surface area contributed by atoms with Crippen molar-refractivity contribution in [2.75, 3.05) is 17.6 Å². The lowest BCUT2D eigenvalue weighted by Gasteiger charge is -2.10. The maximum Gasteiger partial charge on any atom is 0.256 e. The van der Waals surface area contributed by atoms with Gasteiger partial charge in [-0.25, -0.2) is 13.1 Å². The Kier molecular flexibility index (Phi) is 7.68. The first kappa shape index (κ1) is 20.5. The number of hydrogen-bond donors (Lipinski definition) is 2. The Morgan fingerprint density at radius 3 is 2.35 bits per heavy atom. The Morgan fingerprint density at radius 1 is 1.00 bits per heavy atom. The van der Waals surface area contributed by atoms with Crippen LogP contribution in [-0.2, 0) is 10.0 Å². The first-order valence-corrected chi connectivity index (χ1v) is 11.1. The van der Waals surface area contributed by atoms with E-state index < -0.39 is 10.0 Å². The highest BCUT2D eigenvalue weighted by Gasteiger charge is 2.14. The molecule has 0 saturated carbocycles. The first-order chi connectivity index (χ1) is 12.5. The molecule has 0 aromatic heterocycles. The zero-order chi connectivity index (χ0) is 19.0. The number of anilines is 1. The van der Waals surface area contributed by atoms with Gasteiger partial charge in [-0.05, 0) is 55.0 Å². The summed E-state index contributed by atoms with van der Waals surface area (Å²) in [5, 5.41) is 2.83. The third-order valence-corrected chi connectivity index (χ3v) is 6.31. The van der Waals surface area contributed by atoms with Crippen molar-refractivity contribution >= 4 is 33.4 Å². The van der Waals surface area contributed by atoms with Gasteiger partial charge in [0, 0.05) is 17.1 Å². The Morgan fingerprint density at radius 2 is 1.69 bits per heavy atom. The van der Waals surface area contributed by atoms with Gasteiger partial charge in [0.25, 0.3) is 5.91 Å². The summed E-state index contributed by atoms with van der Waals surface area (Å²) in [6, 6.07) is 13.7. The number of hydrogen-bond acceptors (Lipinski definition) is 4. The molecule has 0 radical (unpaired) electrons. The largest absolute Gasteiger partial charge is 0.322 e. The number of benzene rings is 2. The number of amides is 1. The number of sulfonamides is 1. The molecule has 0 bridgehead atoms. The molecule has 0 unspecified atom stereocenters. The van der Waals surface area contributed by atoms with E-state index in [4.69, 9.17) is 0 Å². The van der Waals surface area contributed by atoms with E-state index in [2.05, 4.69) is 17.0 Å². The van der Waals surface area contributed by atoms with E-state index in [9.17, 15) is 13.2 Å². The maximum absolute atomic E-state index is 12.6. The van der Waals surface area contributed by atoms with Crippen molar-refractivity contribution < 1.29 is 13.2 Å². The van der Waals surface area contributed by atoms with Crippen LogP contribution in [0.15, 0.2) is 58.3 Å². The van der Waals surface area contributed by atoms with Gasteiger partial charge in [-0.3, -0.25) is 4.79 Å². The molecule has 2 rings (SSSR count). The number of carbonyl (C=O) groups is 1. The molecule has 2 aromatic carbocycles. The van der Waals surface area contributed by atoms with Crippen LogP contribution in [0.3, 0.4) is 0 Å². The van der Waals surface area contributed by atoms with Gasteiger partial charge >= 0.3 is 0 Å². The van der Waals surface area contributed by atoms with Crippen molar-refractivity contribution in [3.05, 3.63) is 54.1 Å². The summed E-state index contributed by atoms with van der Waals surface area (Å²) in [4.78, 5) is 13.7. The molecular formula is C19H24N2O3S2. The molecule has 0 aliphatic carbocycles. The van der Waals surface area contributed by atoms with E-state index in [1.807, 2.05) is 25.1 Å². The predicted octanol–water partition coefficient (Wildman–Crippen LogP) is 4.13. The van der Waals surface area contributed by atoms with Crippen LogP contribution in [0.4, 0.5) is 5.69 Å². The quantitative estimate of drug-likeness (QED) is 0.629. The van der Waals surface area contributed by atoms with Crippen molar-refractivity contribution in [2.45, 2.75) is 36.5 Å². The van der Waals surface area contributed by atoms with Gasteiger partial charge < -0.3 is 5.32 Å². The van der Waals surface area contributed by atoms with E-state index in [0.29, 0.717) is 17.8 Å². The van der Waals surface area contributed by atoms with Gasteiger partial charge in [0.15, 0.2) is 0 Å². The van der Waals surface area contributed by atoms with Crippen molar-refractivity contribution in [3.8, 4) is 0 Å². The van der Waals surface area contributed by atoms with Gasteiger partial charge in [-0.2, -0.15) is 0 Å². The molecule has 2 N–H and O–H groups in total. The first-order valence-electron chi connectivity index (χ1n) is 8.60. The highest BCUT2D eigenvalue weighted by molar-refractivity contribution is 7.99. The molecular weight excluding hydrogens is 368 g/mol. The van der Waals surface area contributed by atoms with Crippen LogP contribution in [0.25, 0.3) is 0 Å². The Balaban J connectivity index is 2.11. The van der Waals surface area contributed by atoms with Crippen LogP contribution in [0.2, 0.25) is 0 Å². The van der Waals surface area contributed by atoms with E-state index in [1.165, 1.54) is 12.1 Å². The molecule has 7 heteroatoms. The molecule has 0 aliphatic rings. The number of rotatable bonds is 9. The highest BCUT2D eigenvalue weighted by atomic mass is 32.2. The molecule has 140 valence electrons. The Labute approximate surface area is 159 Å². The van der Waals surface area contributed by atoms with E-state index in [1.54, 1.807) is 30.0 Å². The van der Waals surface area contributed by atoms with Crippen LogP contribution in [-0.4, -0.2) is 26.6 Å². The van der Waals surface area contributed by atoms with Gasteiger partial charge in [0.05, 0.1) is 10.5 Å². The fourth-order valence-corrected chi connectivity index (χ4v) is 4.28. The summed E-state index contributed by atoms with van der Waals surface area (Å²) in [6.07, 6.45) is 1.76. The molecule has 26 heavy (non-hydrogen) atoms.